The van der Waals surface area contributed by atoms with E-state index in [4.69, 9.17) is 22.4 Å². The number of benzene rings is 1. The second-order valence-corrected chi connectivity index (χ2v) is 5.02. The minimum absolute atomic E-state index is 0.0507. The molecule has 1 aliphatic carbocycles. The van der Waals surface area contributed by atoms with Gasteiger partial charge < -0.3 is 15.7 Å². The fourth-order valence-electron chi connectivity index (χ4n) is 1.88. The highest BCUT2D eigenvalue weighted by Crippen LogP contribution is 2.29. The molecule has 0 bridgehead atoms. The van der Waals surface area contributed by atoms with Gasteiger partial charge in [0.15, 0.2) is 0 Å². The zero-order valence-electron chi connectivity index (χ0n) is 10.3. The van der Waals surface area contributed by atoms with E-state index in [0.717, 1.165) is 12.8 Å². The van der Waals surface area contributed by atoms with Crippen molar-refractivity contribution in [3.8, 4) is 0 Å². The molecule has 102 valence electrons. The first-order chi connectivity index (χ1) is 8.99. The Kier molecular flexibility index (Phi) is 3.95. The van der Waals surface area contributed by atoms with Gasteiger partial charge in [-0.2, -0.15) is 0 Å². The van der Waals surface area contributed by atoms with Crippen LogP contribution in [-0.2, 0) is 4.79 Å². The smallest absolute Gasteiger partial charge is 0.305 e. The molecule has 0 aliphatic heterocycles. The van der Waals surface area contributed by atoms with Crippen LogP contribution in [0.1, 0.15) is 29.6 Å². The molecule has 1 amide bonds. The van der Waals surface area contributed by atoms with Gasteiger partial charge in [-0.1, -0.05) is 11.6 Å². The molecule has 1 aromatic carbocycles. The first-order valence-corrected chi connectivity index (χ1v) is 6.44. The van der Waals surface area contributed by atoms with E-state index >= 15 is 0 Å². The van der Waals surface area contributed by atoms with E-state index in [2.05, 4.69) is 0 Å². The van der Waals surface area contributed by atoms with Gasteiger partial charge >= 0.3 is 5.97 Å². The summed E-state index contributed by atoms with van der Waals surface area (Å²) in [5.74, 6) is -1.10. The van der Waals surface area contributed by atoms with Crippen molar-refractivity contribution in [2.75, 3.05) is 12.3 Å². The Balaban J connectivity index is 2.14. The van der Waals surface area contributed by atoms with Crippen LogP contribution >= 0.6 is 11.6 Å². The lowest BCUT2D eigenvalue weighted by molar-refractivity contribution is -0.137. The van der Waals surface area contributed by atoms with Gasteiger partial charge in [0, 0.05) is 18.2 Å². The van der Waals surface area contributed by atoms with Gasteiger partial charge in [0.1, 0.15) is 0 Å². The van der Waals surface area contributed by atoms with Crippen LogP contribution in [0.25, 0.3) is 0 Å². The van der Waals surface area contributed by atoms with Crippen molar-refractivity contribution >= 4 is 29.2 Å². The van der Waals surface area contributed by atoms with E-state index in [1.54, 1.807) is 17.0 Å². The molecular formula is C13H15ClN2O3. The van der Waals surface area contributed by atoms with Gasteiger partial charge in [-0.15, -0.1) is 0 Å². The summed E-state index contributed by atoms with van der Waals surface area (Å²) in [7, 11) is 0. The van der Waals surface area contributed by atoms with Crippen LogP contribution < -0.4 is 5.73 Å². The largest absolute Gasteiger partial charge is 0.481 e. The van der Waals surface area contributed by atoms with Gasteiger partial charge in [-0.25, -0.2) is 0 Å². The third-order valence-electron chi connectivity index (χ3n) is 3.06. The molecule has 0 heterocycles. The van der Waals surface area contributed by atoms with Crippen LogP contribution in [-0.4, -0.2) is 34.5 Å². The van der Waals surface area contributed by atoms with Gasteiger partial charge in [0.2, 0.25) is 0 Å². The van der Waals surface area contributed by atoms with Gasteiger partial charge in [-0.3, -0.25) is 9.59 Å². The first kappa shape index (κ1) is 13.7. The number of aliphatic carboxylic acids is 1. The first-order valence-electron chi connectivity index (χ1n) is 6.07. The number of nitrogen functional groups attached to an aromatic ring is 1. The lowest BCUT2D eigenvalue weighted by Gasteiger charge is -2.21. The predicted octanol–water partition coefficient (Wildman–Crippen LogP) is 2.00. The Bertz CT molecular complexity index is 515. The van der Waals surface area contributed by atoms with Crippen LogP contribution in [0.2, 0.25) is 5.02 Å². The van der Waals surface area contributed by atoms with Crippen LogP contribution in [0.4, 0.5) is 5.69 Å². The number of carbonyl (C=O) groups excluding carboxylic acids is 1. The summed E-state index contributed by atoms with van der Waals surface area (Å²) < 4.78 is 0. The fraction of sp³-hybridized carbons (Fsp3) is 0.385. The van der Waals surface area contributed by atoms with E-state index < -0.39 is 5.97 Å². The van der Waals surface area contributed by atoms with Crippen molar-refractivity contribution < 1.29 is 14.7 Å². The maximum absolute atomic E-state index is 12.3. The molecule has 1 aliphatic rings. The molecule has 1 saturated carbocycles. The van der Waals surface area contributed by atoms with Crippen LogP contribution in [0, 0.1) is 0 Å². The number of nitrogens with zero attached hydrogens (tertiary/aromatic N) is 1. The van der Waals surface area contributed by atoms with E-state index in [9.17, 15) is 9.59 Å². The highest BCUT2D eigenvalue weighted by molar-refractivity contribution is 6.33. The zero-order valence-corrected chi connectivity index (χ0v) is 11.1. The molecular weight excluding hydrogens is 268 g/mol. The SMILES string of the molecule is Nc1ccc(C(=O)N(CCC(=O)O)C2CC2)cc1Cl. The number of carboxylic acids is 1. The third kappa shape index (κ3) is 3.38. The monoisotopic (exact) mass is 282 g/mol. The Morgan fingerprint density at radius 3 is 2.63 bits per heavy atom. The van der Waals surface area contributed by atoms with Crippen LogP contribution in [0.5, 0.6) is 0 Å². The summed E-state index contributed by atoms with van der Waals surface area (Å²) >= 11 is 5.90. The second-order valence-electron chi connectivity index (χ2n) is 4.61. The maximum atomic E-state index is 12.3. The molecule has 0 radical (unpaired) electrons. The lowest BCUT2D eigenvalue weighted by atomic mass is 10.1. The summed E-state index contributed by atoms with van der Waals surface area (Å²) in [6.45, 7) is 0.223. The number of carbonyl (C=O) groups is 2. The average Bonchev–Trinajstić information content (AvgIpc) is 3.16. The van der Waals surface area contributed by atoms with Gasteiger partial charge in [-0.05, 0) is 31.0 Å². The molecule has 1 aromatic rings. The highest BCUT2D eigenvalue weighted by atomic mass is 35.5. The minimum atomic E-state index is -0.909. The summed E-state index contributed by atoms with van der Waals surface area (Å²) in [4.78, 5) is 24.6. The third-order valence-corrected chi connectivity index (χ3v) is 3.39. The Morgan fingerprint density at radius 1 is 1.42 bits per heavy atom. The van der Waals surface area contributed by atoms with E-state index in [1.807, 2.05) is 0 Å². The normalized spacial score (nSPS) is 14.2. The number of carboxylic acid groups (broad SMARTS) is 1. The van der Waals surface area contributed by atoms with E-state index in [-0.39, 0.29) is 24.9 Å². The highest BCUT2D eigenvalue weighted by Gasteiger charge is 2.33. The van der Waals surface area contributed by atoms with Crippen LogP contribution in [0.15, 0.2) is 18.2 Å². The van der Waals surface area contributed by atoms with Crippen molar-refractivity contribution in [2.24, 2.45) is 0 Å². The molecule has 0 aromatic heterocycles. The van der Waals surface area contributed by atoms with Gasteiger partial charge in [0.25, 0.3) is 5.91 Å². The quantitative estimate of drug-likeness (QED) is 0.809. The van der Waals surface area contributed by atoms with Crippen molar-refractivity contribution in [1.82, 2.24) is 4.90 Å². The van der Waals surface area contributed by atoms with E-state index in [0.29, 0.717) is 16.3 Å². The molecule has 6 heteroatoms. The van der Waals surface area contributed by atoms with Gasteiger partial charge in [0.05, 0.1) is 17.1 Å². The molecule has 5 nitrogen and oxygen atoms in total. The molecule has 0 saturated heterocycles. The fourth-order valence-corrected chi connectivity index (χ4v) is 2.06. The number of amides is 1. The Hall–Kier alpha value is -1.75. The topological polar surface area (TPSA) is 83.6 Å². The summed E-state index contributed by atoms with van der Waals surface area (Å²) in [6, 6.07) is 4.87. The number of hydrogen-bond acceptors (Lipinski definition) is 3. The van der Waals surface area contributed by atoms with Crippen molar-refractivity contribution in [3.63, 3.8) is 0 Å². The molecule has 0 unspecified atom stereocenters. The molecule has 3 N–H and O–H groups in total. The van der Waals surface area contributed by atoms with Crippen molar-refractivity contribution in [1.29, 1.82) is 0 Å². The number of anilines is 1. The lowest BCUT2D eigenvalue weighted by Crippen LogP contribution is -2.35. The molecule has 19 heavy (non-hydrogen) atoms. The number of rotatable bonds is 5. The number of nitrogens with two attached hydrogens (primary N) is 1. The molecule has 0 atom stereocenters. The number of hydrogen-bond donors (Lipinski definition) is 2. The summed E-state index contributed by atoms with van der Waals surface area (Å²) in [5, 5.41) is 9.05. The van der Waals surface area contributed by atoms with Crippen molar-refractivity contribution in [2.45, 2.75) is 25.3 Å². The molecule has 1 fully saturated rings. The predicted molar refractivity (Wildman–Crippen MR) is 72.2 cm³/mol. The molecule has 0 spiro atoms. The molecule has 2 rings (SSSR count). The summed E-state index contributed by atoms with van der Waals surface area (Å²) in [6.07, 6.45) is 1.80. The van der Waals surface area contributed by atoms with E-state index in [1.165, 1.54) is 6.07 Å². The summed E-state index contributed by atoms with van der Waals surface area (Å²) in [5.41, 5.74) is 6.46. The second kappa shape index (κ2) is 5.48. The average molecular weight is 283 g/mol. The Morgan fingerprint density at radius 2 is 2.11 bits per heavy atom. The maximum Gasteiger partial charge on any atom is 0.305 e. The Labute approximate surface area is 116 Å². The van der Waals surface area contributed by atoms with Crippen molar-refractivity contribution in [3.05, 3.63) is 28.8 Å². The number of halogens is 1. The zero-order chi connectivity index (χ0) is 14.0. The standard InChI is InChI=1S/C13H15ClN2O3/c14-10-7-8(1-4-11(10)15)13(19)16(9-2-3-9)6-5-12(17)18/h1,4,7,9H,2-3,5-6,15H2,(H,17,18). The van der Waals surface area contributed by atoms with Crippen LogP contribution in [0.3, 0.4) is 0 Å². The minimum Gasteiger partial charge on any atom is -0.481 e.